The molecular formula is C14H11FN2O2. The molecule has 2 aromatic rings. The van der Waals surface area contributed by atoms with Crippen LogP contribution in [0.1, 0.15) is 11.3 Å². The number of hydrogen-bond donors (Lipinski definition) is 1. The standard InChI is InChI=1S/C14H11FN2O2/c1-8-6-10(11(7-16)14(18)17-8)9-4-3-5-12(19-2)13(9)15/h3-6H,1-2H3,(H,17,18). The Bertz CT molecular complexity index is 729. The minimum Gasteiger partial charge on any atom is -0.494 e. The van der Waals surface area contributed by atoms with Gasteiger partial charge in [-0.15, -0.1) is 0 Å². The fraction of sp³-hybridized carbons (Fsp3) is 0.143. The summed E-state index contributed by atoms with van der Waals surface area (Å²) in [4.78, 5) is 14.2. The van der Waals surface area contributed by atoms with E-state index >= 15 is 0 Å². The van der Waals surface area contributed by atoms with Gasteiger partial charge in [-0.3, -0.25) is 4.79 Å². The minimum absolute atomic E-state index is 0.0688. The second-order valence-corrected chi connectivity index (χ2v) is 4.00. The molecule has 1 N–H and O–H groups in total. The molecule has 0 unspecified atom stereocenters. The molecule has 0 bridgehead atoms. The van der Waals surface area contributed by atoms with E-state index in [1.165, 1.54) is 19.2 Å². The number of nitrogens with one attached hydrogen (secondary N) is 1. The highest BCUT2D eigenvalue weighted by Gasteiger charge is 2.16. The summed E-state index contributed by atoms with van der Waals surface area (Å²) in [6, 6.07) is 7.96. The van der Waals surface area contributed by atoms with E-state index in [4.69, 9.17) is 10.00 Å². The Balaban J connectivity index is 2.80. The zero-order valence-electron chi connectivity index (χ0n) is 10.5. The average Bonchev–Trinajstić information content (AvgIpc) is 2.38. The lowest BCUT2D eigenvalue weighted by Gasteiger charge is -2.09. The average molecular weight is 258 g/mol. The Hall–Kier alpha value is -2.61. The van der Waals surface area contributed by atoms with Gasteiger partial charge in [-0.1, -0.05) is 12.1 Å². The molecule has 0 spiro atoms. The van der Waals surface area contributed by atoms with Gasteiger partial charge in [-0.05, 0) is 19.1 Å². The number of rotatable bonds is 2. The molecule has 0 saturated carbocycles. The third kappa shape index (κ3) is 2.20. The Morgan fingerprint density at radius 3 is 2.74 bits per heavy atom. The van der Waals surface area contributed by atoms with Crippen molar-refractivity contribution in [2.24, 2.45) is 0 Å². The van der Waals surface area contributed by atoms with Crippen LogP contribution < -0.4 is 10.3 Å². The molecule has 0 radical (unpaired) electrons. The number of nitriles is 1. The molecule has 0 aliphatic rings. The largest absolute Gasteiger partial charge is 0.494 e. The maximum absolute atomic E-state index is 14.2. The molecule has 1 heterocycles. The number of H-pyrrole nitrogens is 1. The maximum Gasteiger partial charge on any atom is 0.266 e. The highest BCUT2D eigenvalue weighted by Crippen LogP contribution is 2.30. The number of pyridine rings is 1. The molecular weight excluding hydrogens is 247 g/mol. The van der Waals surface area contributed by atoms with Crippen LogP contribution in [0.5, 0.6) is 5.75 Å². The molecule has 0 fully saturated rings. The van der Waals surface area contributed by atoms with Gasteiger partial charge in [-0.25, -0.2) is 4.39 Å². The van der Waals surface area contributed by atoms with Crippen LogP contribution in [-0.4, -0.2) is 12.1 Å². The summed E-state index contributed by atoms with van der Waals surface area (Å²) in [6.45, 7) is 1.67. The lowest BCUT2D eigenvalue weighted by molar-refractivity contribution is 0.387. The summed E-state index contributed by atoms with van der Waals surface area (Å²) in [7, 11) is 1.36. The summed E-state index contributed by atoms with van der Waals surface area (Å²) in [5.41, 5.74) is 0.351. The van der Waals surface area contributed by atoms with Gasteiger partial charge in [0.2, 0.25) is 0 Å². The Kier molecular flexibility index (Phi) is 3.34. The first kappa shape index (κ1) is 12.8. The number of aromatic amines is 1. The Morgan fingerprint density at radius 2 is 2.11 bits per heavy atom. The van der Waals surface area contributed by atoms with E-state index in [-0.39, 0.29) is 22.4 Å². The second-order valence-electron chi connectivity index (χ2n) is 4.00. The van der Waals surface area contributed by atoms with Crippen molar-refractivity contribution in [2.45, 2.75) is 6.92 Å². The number of benzene rings is 1. The molecule has 0 atom stereocenters. The highest BCUT2D eigenvalue weighted by molar-refractivity contribution is 5.72. The van der Waals surface area contributed by atoms with Crippen LogP contribution in [0.3, 0.4) is 0 Å². The van der Waals surface area contributed by atoms with Gasteiger partial charge < -0.3 is 9.72 Å². The van der Waals surface area contributed by atoms with Gasteiger partial charge in [0.1, 0.15) is 11.6 Å². The Labute approximate surface area is 109 Å². The number of methoxy groups -OCH3 is 1. The van der Waals surface area contributed by atoms with Crippen LogP contribution in [0.4, 0.5) is 4.39 Å². The summed E-state index contributed by atoms with van der Waals surface area (Å²) >= 11 is 0. The lowest BCUT2D eigenvalue weighted by atomic mass is 10.0. The topological polar surface area (TPSA) is 65.9 Å². The monoisotopic (exact) mass is 258 g/mol. The maximum atomic E-state index is 14.2. The Morgan fingerprint density at radius 1 is 1.37 bits per heavy atom. The summed E-state index contributed by atoms with van der Waals surface area (Å²) in [5.74, 6) is -0.522. The molecule has 0 aliphatic heterocycles. The number of ether oxygens (including phenoxy) is 1. The number of aryl methyl sites for hydroxylation is 1. The van der Waals surface area contributed by atoms with E-state index < -0.39 is 11.4 Å². The second kappa shape index (κ2) is 4.94. The molecule has 19 heavy (non-hydrogen) atoms. The van der Waals surface area contributed by atoms with Crippen molar-refractivity contribution in [1.82, 2.24) is 4.98 Å². The van der Waals surface area contributed by atoms with Crippen molar-refractivity contribution in [1.29, 1.82) is 5.26 Å². The van der Waals surface area contributed by atoms with E-state index in [1.807, 2.05) is 0 Å². The molecule has 2 rings (SSSR count). The summed E-state index contributed by atoms with van der Waals surface area (Å²) < 4.78 is 19.1. The van der Waals surface area contributed by atoms with Gasteiger partial charge >= 0.3 is 0 Å². The van der Waals surface area contributed by atoms with Crippen molar-refractivity contribution in [3.05, 3.63) is 51.7 Å². The quantitative estimate of drug-likeness (QED) is 0.899. The van der Waals surface area contributed by atoms with Gasteiger partial charge in [-0.2, -0.15) is 5.26 Å². The van der Waals surface area contributed by atoms with E-state index in [9.17, 15) is 9.18 Å². The zero-order chi connectivity index (χ0) is 14.0. The fourth-order valence-corrected chi connectivity index (χ4v) is 1.89. The van der Waals surface area contributed by atoms with Crippen LogP contribution in [0.15, 0.2) is 29.1 Å². The molecule has 0 saturated heterocycles. The predicted molar refractivity (Wildman–Crippen MR) is 68.5 cm³/mol. The number of halogens is 1. The molecule has 4 nitrogen and oxygen atoms in total. The predicted octanol–water partition coefficient (Wildman–Crippen LogP) is 2.37. The molecule has 5 heteroatoms. The van der Waals surface area contributed by atoms with Crippen molar-refractivity contribution < 1.29 is 9.13 Å². The smallest absolute Gasteiger partial charge is 0.266 e. The van der Waals surface area contributed by atoms with Crippen molar-refractivity contribution in [3.63, 3.8) is 0 Å². The lowest BCUT2D eigenvalue weighted by Crippen LogP contribution is -2.13. The summed E-state index contributed by atoms with van der Waals surface area (Å²) in [6.07, 6.45) is 0. The van der Waals surface area contributed by atoms with Crippen molar-refractivity contribution >= 4 is 0 Å². The van der Waals surface area contributed by atoms with Gasteiger partial charge in [0, 0.05) is 16.8 Å². The number of aromatic nitrogens is 1. The van der Waals surface area contributed by atoms with Crippen molar-refractivity contribution in [3.8, 4) is 22.9 Å². The molecule has 0 aliphatic carbocycles. The molecule has 96 valence electrons. The first-order valence-electron chi connectivity index (χ1n) is 5.55. The summed E-state index contributed by atoms with van der Waals surface area (Å²) in [5, 5.41) is 9.05. The minimum atomic E-state index is -0.591. The highest BCUT2D eigenvalue weighted by atomic mass is 19.1. The SMILES string of the molecule is COc1cccc(-c2cc(C)[nH]c(=O)c2C#N)c1F. The molecule has 1 aromatic carbocycles. The van der Waals surface area contributed by atoms with E-state index in [1.54, 1.807) is 25.1 Å². The zero-order valence-corrected chi connectivity index (χ0v) is 10.5. The van der Waals surface area contributed by atoms with Gasteiger partial charge in [0.05, 0.1) is 7.11 Å². The van der Waals surface area contributed by atoms with Crippen LogP contribution in [-0.2, 0) is 0 Å². The third-order valence-corrected chi connectivity index (χ3v) is 2.75. The van der Waals surface area contributed by atoms with Gasteiger partial charge in [0.15, 0.2) is 11.6 Å². The van der Waals surface area contributed by atoms with E-state index in [0.717, 1.165) is 0 Å². The van der Waals surface area contributed by atoms with Crippen LogP contribution >= 0.6 is 0 Å². The van der Waals surface area contributed by atoms with Crippen LogP contribution in [0.2, 0.25) is 0 Å². The van der Waals surface area contributed by atoms with Crippen molar-refractivity contribution in [2.75, 3.05) is 7.11 Å². The van der Waals surface area contributed by atoms with Crippen LogP contribution in [0, 0.1) is 24.1 Å². The first-order valence-corrected chi connectivity index (χ1v) is 5.55. The molecule has 1 aromatic heterocycles. The molecule has 0 amide bonds. The van der Waals surface area contributed by atoms with E-state index in [2.05, 4.69) is 4.98 Å². The van der Waals surface area contributed by atoms with Crippen LogP contribution in [0.25, 0.3) is 11.1 Å². The number of hydrogen-bond acceptors (Lipinski definition) is 3. The fourth-order valence-electron chi connectivity index (χ4n) is 1.89. The first-order chi connectivity index (χ1) is 9.08. The van der Waals surface area contributed by atoms with Gasteiger partial charge in [0.25, 0.3) is 5.56 Å². The van der Waals surface area contributed by atoms with E-state index in [0.29, 0.717) is 5.69 Å². The normalized spacial score (nSPS) is 10.0. The third-order valence-electron chi connectivity index (χ3n) is 2.75. The number of nitrogens with zero attached hydrogens (tertiary/aromatic N) is 1.